The molecule has 1 saturated heterocycles. The third kappa shape index (κ3) is 6.12. The minimum absolute atomic E-state index is 0.154. The van der Waals surface area contributed by atoms with Crippen LogP contribution in [0, 0.1) is 6.92 Å². The number of hydrogen-bond donors (Lipinski definition) is 3. The first-order chi connectivity index (χ1) is 14.1. The van der Waals surface area contributed by atoms with E-state index in [4.69, 9.17) is 15.9 Å². The monoisotopic (exact) mass is 434 g/mol. The van der Waals surface area contributed by atoms with Crippen LogP contribution in [-0.2, 0) is 26.0 Å². The van der Waals surface area contributed by atoms with Gasteiger partial charge in [0.15, 0.2) is 0 Å². The number of nitrogens with zero attached hydrogens (tertiary/aromatic N) is 1. The quantitative estimate of drug-likeness (QED) is 0.631. The number of benzene rings is 2. The van der Waals surface area contributed by atoms with E-state index in [9.17, 15) is 18.0 Å². The molecule has 2 aromatic rings. The van der Waals surface area contributed by atoms with E-state index in [-0.39, 0.29) is 11.4 Å². The molecule has 0 unspecified atom stereocenters. The number of hydrogen-bond acceptors (Lipinski definition) is 5. The van der Waals surface area contributed by atoms with Crippen LogP contribution in [0.25, 0.3) is 0 Å². The molecule has 0 spiro atoms. The maximum absolute atomic E-state index is 12.3. The SMILES string of the molecule is Cc1ccc(S(=O)(=O)N2CCC[C@H]2C(=O)O)cc1.N[C@@H](Cc1ccccc1)C(=O)O. The first kappa shape index (κ1) is 23.5. The highest BCUT2D eigenvalue weighted by atomic mass is 32.2. The van der Waals surface area contributed by atoms with Gasteiger partial charge in [-0.25, -0.2) is 8.42 Å². The Morgan fingerprint density at radius 3 is 2.23 bits per heavy atom. The fourth-order valence-electron chi connectivity index (χ4n) is 3.08. The van der Waals surface area contributed by atoms with Crippen molar-refractivity contribution in [1.82, 2.24) is 4.31 Å². The highest BCUT2D eigenvalue weighted by molar-refractivity contribution is 7.89. The molecule has 162 valence electrons. The number of carbonyl (C=O) groups is 2. The summed E-state index contributed by atoms with van der Waals surface area (Å²) in [6.07, 6.45) is 1.35. The maximum atomic E-state index is 12.3. The van der Waals surface area contributed by atoms with E-state index < -0.39 is 34.0 Å². The summed E-state index contributed by atoms with van der Waals surface area (Å²) in [7, 11) is -3.70. The molecule has 0 amide bonds. The van der Waals surface area contributed by atoms with E-state index in [2.05, 4.69) is 0 Å². The molecule has 3 rings (SSSR count). The predicted octanol–water partition coefficient (Wildman–Crippen LogP) is 1.87. The number of sulfonamides is 1. The summed E-state index contributed by atoms with van der Waals surface area (Å²) in [4.78, 5) is 21.6. The van der Waals surface area contributed by atoms with Gasteiger partial charge in [-0.3, -0.25) is 9.59 Å². The molecule has 30 heavy (non-hydrogen) atoms. The van der Waals surface area contributed by atoms with Crippen LogP contribution in [0.1, 0.15) is 24.0 Å². The molecular weight excluding hydrogens is 408 g/mol. The van der Waals surface area contributed by atoms with E-state index in [0.29, 0.717) is 19.3 Å². The van der Waals surface area contributed by atoms with Gasteiger partial charge in [0.05, 0.1) is 4.90 Å². The summed E-state index contributed by atoms with van der Waals surface area (Å²) in [6, 6.07) is 14.1. The smallest absolute Gasteiger partial charge is 0.322 e. The van der Waals surface area contributed by atoms with Crippen molar-refractivity contribution in [3.8, 4) is 0 Å². The first-order valence-corrected chi connectivity index (χ1v) is 10.9. The van der Waals surface area contributed by atoms with Gasteiger partial charge in [-0.2, -0.15) is 4.31 Å². The average Bonchev–Trinajstić information content (AvgIpc) is 3.21. The largest absolute Gasteiger partial charge is 0.480 e. The molecule has 1 aliphatic rings. The Kier molecular flexibility index (Phi) is 8.10. The molecule has 0 aliphatic carbocycles. The standard InChI is InChI=1S/C12H15NO4S.C9H11NO2/c1-9-4-6-10(7-5-9)18(16,17)13-8-2-3-11(13)12(14)15;10-8(9(11)12)6-7-4-2-1-3-5-7/h4-7,11H,2-3,8H2,1H3,(H,14,15);1-5,8H,6,10H2,(H,11,12)/t11-;8-/m00/s1. The van der Waals surface area contributed by atoms with E-state index in [1.807, 2.05) is 37.3 Å². The number of carboxylic acid groups (broad SMARTS) is 2. The number of nitrogens with two attached hydrogens (primary N) is 1. The summed E-state index contributed by atoms with van der Waals surface area (Å²) in [5.74, 6) is -2.04. The van der Waals surface area contributed by atoms with Crippen LogP contribution in [0.3, 0.4) is 0 Å². The molecule has 1 fully saturated rings. The Morgan fingerprint density at radius 2 is 1.70 bits per heavy atom. The maximum Gasteiger partial charge on any atom is 0.322 e. The van der Waals surface area contributed by atoms with Gasteiger partial charge in [-0.1, -0.05) is 48.0 Å². The van der Waals surface area contributed by atoms with Gasteiger partial charge < -0.3 is 15.9 Å². The van der Waals surface area contributed by atoms with Crippen LogP contribution in [0.5, 0.6) is 0 Å². The lowest BCUT2D eigenvalue weighted by molar-refractivity contribution is -0.141. The van der Waals surface area contributed by atoms with Crippen molar-refractivity contribution < 1.29 is 28.2 Å². The second-order valence-electron chi connectivity index (χ2n) is 7.06. The number of aliphatic carboxylic acids is 2. The van der Waals surface area contributed by atoms with Crippen molar-refractivity contribution in [2.75, 3.05) is 6.54 Å². The second-order valence-corrected chi connectivity index (χ2v) is 8.95. The van der Waals surface area contributed by atoms with Crippen molar-refractivity contribution in [1.29, 1.82) is 0 Å². The molecule has 2 aromatic carbocycles. The van der Waals surface area contributed by atoms with E-state index >= 15 is 0 Å². The number of rotatable bonds is 6. The third-order valence-electron chi connectivity index (χ3n) is 4.73. The van der Waals surface area contributed by atoms with Crippen molar-refractivity contribution >= 4 is 22.0 Å². The minimum atomic E-state index is -3.70. The predicted molar refractivity (Wildman–Crippen MR) is 111 cm³/mol. The molecule has 1 heterocycles. The number of aryl methyl sites for hydroxylation is 1. The normalized spacial score (nSPS) is 17.6. The lowest BCUT2D eigenvalue weighted by Crippen LogP contribution is -2.40. The zero-order chi connectivity index (χ0) is 22.3. The highest BCUT2D eigenvalue weighted by Crippen LogP contribution is 2.26. The molecule has 2 atom stereocenters. The van der Waals surface area contributed by atoms with Gasteiger partial charge >= 0.3 is 11.9 Å². The zero-order valence-corrected chi connectivity index (χ0v) is 17.5. The topological polar surface area (TPSA) is 138 Å². The first-order valence-electron chi connectivity index (χ1n) is 9.46. The molecule has 1 aliphatic heterocycles. The van der Waals surface area contributed by atoms with Crippen molar-refractivity contribution in [3.63, 3.8) is 0 Å². The summed E-state index contributed by atoms with van der Waals surface area (Å²) >= 11 is 0. The fourth-order valence-corrected chi connectivity index (χ4v) is 4.73. The Bertz CT molecular complexity index is 961. The van der Waals surface area contributed by atoms with Crippen LogP contribution < -0.4 is 5.73 Å². The van der Waals surface area contributed by atoms with E-state index in [0.717, 1.165) is 15.4 Å². The van der Waals surface area contributed by atoms with Crippen molar-refractivity contribution in [3.05, 3.63) is 65.7 Å². The van der Waals surface area contributed by atoms with Gasteiger partial charge in [-0.05, 0) is 43.9 Å². The Labute approximate surface area is 176 Å². The third-order valence-corrected chi connectivity index (χ3v) is 6.65. The average molecular weight is 435 g/mol. The molecule has 4 N–H and O–H groups in total. The summed E-state index contributed by atoms with van der Waals surface area (Å²) in [5.41, 5.74) is 7.26. The van der Waals surface area contributed by atoms with Gasteiger partial charge in [-0.15, -0.1) is 0 Å². The molecule has 0 saturated carbocycles. The summed E-state index contributed by atoms with van der Waals surface area (Å²) in [6.45, 7) is 2.14. The lowest BCUT2D eigenvalue weighted by atomic mass is 10.1. The van der Waals surface area contributed by atoms with E-state index in [1.54, 1.807) is 12.1 Å². The Morgan fingerprint density at radius 1 is 1.10 bits per heavy atom. The van der Waals surface area contributed by atoms with Crippen LogP contribution in [-0.4, -0.2) is 53.5 Å². The molecular formula is C21H26N2O6S. The highest BCUT2D eigenvalue weighted by Gasteiger charge is 2.39. The van der Waals surface area contributed by atoms with Crippen molar-refractivity contribution in [2.45, 2.75) is 43.2 Å². The Balaban J connectivity index is 0.000000232. The molecule has 0 radical (unpaired) electrons. The fraction of sp³-hybridized carbons (Fsp3) is 0.333. The van der Waals surface area contributed by atoms with Gasteiger partial charge in [0.1, 0.15) is 12.1 Å². The van der Waals surface area contributed by atoms with Crippen LogP contribution >= 0.6 is 0 Å². The van der Waals surface area contributed by atoms with Crippen LogP contribution in [0.4, 0.5) is 0 Å². The van der Waals surface area contributed by atoms with E-state index in [1.165, 1.54) is 12.1 Å². The Hall–Kier alpha value is -2.75. The van der Waals surface area contributed by atoms with Crippen LogP contribution in [0.2, 0.25) is 0 Å². The minimum Gasteiger partial charge on any atom is -0.480 e. The zero-order valence-electron chi connectivity index (χ0n) is 16.6. The van der Waals surface area contributed by atoms with Gasteiger partial charge in [0.2, 0.25) is 10.0 Å². The molecule has 9 heteroatoms. The van der Waals surface area contributed by atoms with Crippen LogP contribution in [0.15, 0.2) is 59.5 Å². The molecule has 8 nitrogen and oxygen atoms in total. The molecule has 0 aromatic heterocycles. The summed E-state index contributed by atoms with van der Waals surface area (Å²) < 4.78 is 25.7. The van der Waals surface area contributed by atoms with Gasteiger partial charge in [0.25, 0.3) is 0 Å². The summed E-state index contributed by atoms with van der Waals surface area (Å²) in [5, 5.41) is 17.6. The van der Waals surface area contributed by atoms with Gasteiger partial charge in [0, 0.05) is 6.54 Å². The second kappa shape index (κ2) is 10.3. The lowest BCUT2D eigenvalue weighted by Gasteiger charge is -2.20. The number of carboxylic acids is 2. The molecule has 0 bridgehead atoms. The van der Waals surface area contributed by atoms with Crippen molar-refractivity contribution in [2.24, 2.45) is 5.73 Å².